The van der Waals surface area contributed by atoms with Crippen molar-refractivity contribution in [3.63, 3.8) is 0 Å². The van der Waals surface area contributed by atoms with E-state index in [1.807, 2.05) is 0 Å². The van der Waals surface area contributed by atoms with Crippen LogP contribution in [-0.4, -0.2) is 19.9 Å². The minimum absolute atomic E-state index is 0.00372. The number of nitrogens with zero attached hydrogens (tertiary/aromatic N) is 1. The van der Waals surface area contributed by atoms with Crippen molar-refractivity contribution in [3.8, 4) is 0 Å². The lowest BCUT2D eigenvalue weighted by molar-refractivity contribution is -0.385. The van der Waals surface area contributed by atoms with Crippen LogP contribution in [-0.2, 0) is 6.42 Å². The highest BCUT2D eigenvalue weighted by Crippen LogP contribution is 2.25. The Morgan fingerprint density at radius 3 is 3.11 bits per heavy atom. The molecule has 1 N–H and O–H groups in total. The van der Waals surface area contributed by atoms with Gasteiger partial charge in [-0.15, -0.1) is 11.8 Å². The molecule has 0 radical (unpaired) electrons. The number of benzene rings is 1. The molecule has 0 aliphatic carbocycles. The van der Waals surface area contributed by atoms with Crippen molar-refractivity contribution in [2.75, 3.05) is 6.54 Å². The quantitative estimate of drug-likeness (QED) is 0.212. The Hall–Kier alpha value is -1.80. The Bertz CT molecular complexity index is 694. The van der Waals surface area contributed by atoms with Gasteiger partial charge in [0.15, 0.2) is 7.09 Å². The average Bonchev–Trinajstić information content (AvgIpc) is 2.42. The Balaban J connectivity index is 2.36. The number of rotatable bonds is 6. The number of fused-ring (bicyclic) bond motifs is 1. The van der Waals surface area contributed by atoms with Crippen LogP contribution in [0, 0.1) is 10.1 Å². The first kappa shape index (κ1) is 12.2. The summed E-state index contributed by atoms with van der Waals surface area (Å²) in [5.74, 6) is 0. The summed E-state index contributed by atoms with van der Waals surface area (Å²) < 4.78 is 14.9. The maximum absolute atomic E-state index is 11.2. The molecule has 0 fully saturated rings. The van der Waals surface area contributed by atoms with Gasteiger partial charge in [-0.1, -0.05) is 0 Å². The van der Waals surface area contributed by atoms with Gasteiger partial charge < -0.3 is 4.42 Å². The van der Waals surface area contributed by atoms with Crippen LogP contribution in [0.1, 0.15) is 5.56 Å². The summed E-state index contributed by atoms with van der Waals surface area (Å²) in [6.45, 7) is 0.493. The fourth-order valence-electron chi connectivity index (χ4n) is 1.77. The lowest BCUT2D eigenvalue weighted by Gasteiger charge is -2.05. The van der Waals surface area contributed by atoms with E-state index in [9.17, 15) is 14.9 Å². The van der Waals surface area contributed by atoms with Gasteiger partial charge in [-0.3, -0.25) is 14.8 Å². The third-order valence-electron chi connectivity index (χ3n) is 2.62. The molecule has 19 heavy (non-hydrogen) atoms. The number of nitro benzene ring substituents is 1. The van der Waals surface area contributed by atoms with Crippen molar-refractivity contribution < 1.29 is 9.34 Å². The molecule has 0 amide bonds. The van der Waals surface area contributed by atoms with Crippen molar-refractivity contribution >= 4 is 35.5 Å². The number of nitrogens with one attached hydrogen (secondary N) is 1. The van der Waals surface area contributed by atoms with E-state index in [1.165, 1.54) is 36.1 Å². The molecule has 1 heterocycles. The zero-order valence-electron chi connectivity index (χ0n) is 10.9. The third kappa shape index (κ3) is 3.15. The van der Waals surface area contributed by atoms with Gasteiger partial charge in [0.05, 0.1) is 4.92 Å². The van der Waals surface area contributed by atoms with Crippen molar-refractivity contribution in [1.29, 1.82) is 1.34 Å². The van der Waals surface area contributed by atoms with E-state index in [4.69, 9.17) is 5.75 Å². The second kappa shape index (κ2) is 5.90. The fourth-order valence-corrected chi connectivity index (χ4v) is 2.02. The van der Waals surface area contributed by atoms with Crippen LogP contribution in [0.5, 0.6) is 0 Å². The summed E-state index contributed by atoms with van der Waals surface area (Å²) in [6, 6.07) is 5.68. The van der Waals surface area contributed by atoms with Gasteiger partial charge >= 0.3 is 5.63 Å². The van der Waals surface area contributed by atoms with E-state index in [0.717, 1.165) is 0 Å². The SMILES string of the molecule is [2H]BSNCCc1cc2oc(=O)ccc2cc1[N+](=O)[O-]. The second-order valence-corrected chi connectivity index (χ2v) is 4.40. The van der Waals surface area contributed by atoms with Gasteiger partial charge in [-0.05, 0) is 19.9 Å². The van der Waals surface area contributed by atoms with E-state index >= 15 is 0 Å². The van der Waals surface area contributed by atoms with Gasteiger partial charge in [0.25, 0.3) is 5.69 Å². The molecule has 1 aromatic heterocycles. The largest absolute Gasteiger partial charge is 0.423 e. The van der Waals surface area contributed by atoms with Gasteiger partial charge in [0.2, 0.25) is 0 Å². The Morgan fingerprint density at radius 1 is 1.53 bits per heavy atom. The topological polar surface area (TPSA) is 85.4 Å². The first-order chi connectivity index (χ1) is 9.61. The highest BCUT2D eigenvalue weighted by Gasteiger charge is 2.15. The minimum Gasteiger partial charge on any atom is -0.423 e. The lowest BCUT2D eigenvalue weighted by atomic mass is 10.1. The molecule has 2 rings (SSSR count). The van der Waals surface area contributed by atoms with Crippen LogP contribution in [0.15, 0.2) is 33.5 Å². The van der Waals surface area contributed by atoms with Crippen LogP contribution < -0.4 is 10.3 Å². The van der Waals surface area contributed by atoms with E-state index in [0.29, 0.717) is 29.5 Å². The van der Waals surface area contributed by atoms with Crippen LogP contribution >= 0.6 is 11.8 Å². The molecule has 0 saturated carbocycles. The summed E-state index contributed by atoms with van der Waals surface area (Å²) >= 11 is 1.22. The first-order valence-corrected chi connectivity index (χ1v) is 6.45. The highest BCUT2D eigenvalue weighted by molar-refractivity contribution is 8.18. The molecule has 98 valence electrons. The molecular formula is C11H11BN2O4S. The molecule has 0 saturated heterocycles. The van der Waals surface area contributed by atoms with Crippen LogP contribution in [0.4, 0.5) is 5.69 Å². The zero-order chi connectivity index (χ0) is 14.5. The zero-order valence-corrected chi connectivity index (χ0v) is 10.7. The molecule has 2 aromatic rings. The molecule has 0 bridgehead atoms. The molecule has 0 atom stereocenters. The first-order valence-electron chi connectivity index (χ1n) is 6.17. The number of nitro groups is 1. The van der Waals surface area contributed by atoms with Gasteiger partial charge in [-0.2, -0.15) is 0 Å². The predicted molar refractivity (Wildman–Crippen MR) is 77.0 cm³/mol. The smallest absolute Gasteiger partial charge is 0.336 e. The van der Waals surface area contributed by atoms with E-state index in [-0.39, 0.29) is 12.8 Å². The maximum atomic E-state index is 11.2. The normalized spacial score (nSPS) is 11.3. The number of hydrogen-bond donors (Lipinski definition) is 1. The third-order valence-corrected chi connectivity index (χ3v) is 3.02. The Kier molecular flexibility index (Phi) is 3.80. The van der Waals surface area contributed by atoms with E-state index in [1.54, 1.807) is 0 Å². The summed E-state index contributed by atoms with van der Waals surface area (Å²) in [5, 5.41) is 11.6. The van der Waals surface area contributed by atoms with Crippen LogP contribution in [0.2, 0.25) is 0 Å². The van der Waals surface area contributed by atoms with Gasteiger partial charge in [0, 0.05) is 29.6 Å². The van der Waals surface area contributed by atoms with Gasteiger partial charge in [-0.25, -0.2) is 4.79 Å². The summed E-state index contributed by atoms with van der Waals surface area (Å²) in [7, 11) is 0.175. The standard InChI is InChI=1S/C11H11BN2O4S/c12-19-13-4-3-7-6-10-8(1-2-11(15)18-10)5-9(7)14(16)17/h1-2,5-6,13H,3-4,12H2/i12D. The summed E-state index contributed by atoms with van der Waals surface area (Å²) in [5.41, 5.74) is 0.352. The van der Waals surface area contributed by atoms with E-state index in [2.05, 4.69) is 4.72 Å². The molecule has 0 aliphatic heterocycles. The monoisotopic (exact) mass is 279 g/mol. The molecule has 6 nitrogen and oxygen atoms in total. The molecular weight excluding hydrogens is 267 g/mol. The van der Waals surface area contributed by atoms with Gasteiger partial charge in [0.1, 0.15) is 5.58 Å². The molecule has 0 spiro atoms. The Labute approximate surface area is 115 Å². The van der Waals surface area contributed by atoms with Crippen molar-refractivity contribution in [2.24, 2.45) is 0 Å². The molecule has 8 heteroatoms. The summed E-state index contributed by atoms with van der Waals surface area (Å²) in [4.78, 5) is 21.8. The molecule has 1 aromatic carbocycles. The molecule has 0 aliphatic rings. The second-order valence-electron chi connectivity index (χ2n) is 3.82. The number of hydrogen-bond acceptors (Lipinski definition) is 6. The Morgan fingerprint density at radius 2 is 2.37 bits per heavy atom. The van der Waals surface area contributed by atoms with Crippen molar-refractivity contribution in [1.82, 2.24) is 4.72 Å². The lowest BCUT2D eigenvalue weighted by Crippen LogP contribution is -2.09. The van der Waals surface area contributed by atoms with Crippen LogP contribution in [0.3, 0.4) is 0 Å². The minimum atomic E-state index is -0.486. The fraction of sp³-hybridized carbons (Fsp3) is 0.182. The highest BCUT2D eigenvalue weighted by atomic mass is 32.2. The summed E-state index contributed by atoms with van der Waals surface area (Å²) in [6.07, 6.45) is 0.415. The van der Waals surface area contributed by atoms with Crippen LogP contribution in [0.25, 0.3) is 11.0 Å². The average molecular weight is 279 g/mol. The van der Waals surface area contributed by atoms with Crippen molar-refractivity contribution in [2.45, 2.75) is 6.42 Å². The predicted octanol–water partition coefficient (Wildman–Crippen LogP) is 1.03. The maximum Gasteiger partial charge on any atom is 0.336 e. The molecule has 0 unspecified atom stereocenters. The van der Waals surface area contributed by atoms with Crippen molar-refractivity contribution in [3.05, 3.63) is 50.4 Å². The van der Waals surface area contributed by atoms with E-state index < -0.39 is 10.5 Å².